The van der Waals surface area contributed by atoms with E-state index in [1.165, 1.54) is 11.3 Å². The van der Waals surface area contributed by atoms with Crippen LogP contribution in [-0.4, -0.2) is 10.9 Å². The van der Waals surface area contributed by atoms with Crippen molar-refractivity contribution in [1.82, 2.24) is 4.98 Å². The number of carbonyl (C=O) groups excluding carboxylic acids is 1. The van der Waals surface area contributed by atoms with Crippen molar-refractivity contribution in [3.63, 3.8) is 0 Å². The summed E-state index contributed by atoms with van der Waals surface area (Å²) in [6.45, 7) is 0.319. The van der Waals surface area contributed by atoms with Gasteiger partial charge in [-0.1, -0.05) is 49.3 Å². The standard InChI is InChI=1S/C19H12Br2N2O2S/c20-13-4-1-3-12(9-13)18(24)23(11-15-5-2-8-25-15)19-22-16-7-6-14(21)10-17(16)26-19/h1-10H,11H2. The van der Waals surface area contributed by atoms with Crippen molar-refractivity contribution < 1.29 is 9.21 Å². The molecule has 130 valence electrons. The van der Waals surface area contributed by atoms with E-state index in [1.54, 1.807) is 23.3 Å². The first-order valence-electron chi connectivity index (χ1n) is 7.76. The first-order chi connectivity index (χ1) is 12.6. The van der Waals surface area contributed by atoms with Gasteiger partial charge in [0.15, 0.2) is 5.13 Å². The molecular formula is C19H12Br2N2O2S. The second-order valence-corrected chi connectivity index (χ2v) is 8.43. The number of thiazole rings is 1. The summed E-state index contributed by atoms with van der Waals surface area (Å²) < 4.78 is 8.31. The summed E-state index contributed by atoms with van der Waals surface area (Å²) in [4.78, 5) is 19.5. The number of amides is 1. The minimum atomic E-state index is -0.124. The predicted molar refractivity (Wildman–Crippen MR) is 111 cm³/mol. The largest absolute Gasteiger partial charge is 0.467 e. The van der Waals surface area contributed by atoms with Crippen LogP contribution in [0, 0.1) is 0 Å². The van der Waals surface area contributed by atoms with E-state index < -0.39 is 0 Å². The lowest BCUT2D eigenvalue weighted by Gasteiger charge is -2.19. The molecule has 0 aliphatic heterocycles. The molecule has 0 radical (unpaired) electrons. The minimum Gasteiger partial charge on any atom is -0.467 e. The summed E-state index contributed by atoms with van der Waals surface area (Å²) in [7, 11) is 0. The van der Waals surface area contributed by atoms with Gasteiger partial charge in [0.05, 0.1) is 23.0 Å². The van der Waals surface area contributed by atoms with Gasteiger partial charge < -0.3 is 4.42 Å². The summed E-state index contributed by atoms with van der Waals surface area (Å²) >= 11 is 8.38. The second kappa shape index (κ2) is 7.34. The minimum absolute atomic E-state index is 0.124. The number of furan rings is 1. The number of fused-ring (bicyclic) bond motifs is 1. The van der Waals surface area contributed by atoms with Crippen LogP contribution in [0.4, 0.5) is 5.13 Å². The Bertz CT molecular complexity index is 1080. The van der Waals surface area contributed by atoms with E-state index in [2.05, 4.69) is 36.8 Å². The molecule has 0 aliphatic rings. The molecule has 0 saturated carbocycles. The molecule has 4 nitrogen and oxygen atoms in total. The number of rotatable bonds is 4. The third-order valence-corrected chi connectivity index (χ3v) is 5.81. The third-order valence-electron chi connectivity index (χ3n) is 3.78. The molecule has 4 rings (SSSR count). The maximum Gasteiger partial charge on any atom is 0.260 e. The van der Waals surface area contributed by atoms with E-state index in [1.807, 2.05) is 42.5 Å². The first-order valence-corrected chi connectivity index (χ1v) is 10.2. The van der Waals surface area contributed by atoms with Crippen LogP contribution in [0.1, 0.15) is 16.1 Å². The quantitative estimate of drug-likeness (QED) is 0.338. The molecule has 0 bridgehead atoms. The Kier molecular flexibility index (Phi) is 4.93. The Morgan fingerprint density at radius 1 is 1.08 bits per heavy atom. The SMILES string of the molecule is O=C(c1cccc(Br)c1)N(Cc1ccco1)c1nc2ccc(Br)cc2s1. The fourth-order valence-corrected chi connectivity index (χ4v) is 4.48. The lowest BCUT2D eigenvalue weighted by molar-refractivity contribution is 0.0983. The van der Waals surface area contributed by atoms with Crippen LogP contribution in [0.25, 0.3) is 10.2 Å². The average molecular weight is 492 g/mol. The van der Waals surface area contributed by atoms with Gasteiger partial charge in [0.1, 0.15) is 5.76 Å². The van der Waals surface area contributed by atoms with E-state index in [-0.39, 0.29) is 5.91 Å². The molecule has 4 aromatic rings. The van der Waals surface area contributed by atoms with E-state index in [4.69, 9.17) is 4.42 Å². The zero-order chi connectivity index (χ0) is 18.1. The monoisotopic (exact) mass is 490 g/mol. The van der Waals surface area contributed by atoms with Gasteiger partial charge >= 0.3 is 0 Å². The fraction of sp³-hybridized carbons (Fsp3) is 0.0526. The summed E-state index contributed by atoms with van der Waals surface area (Å²) in [6, 6.07) is 16.9. The van der Waals surface area contributed by atoms with Crippen molar-refractivity contribution in [1.29, 1.82) is 0 Å². The van der Waals surface area contributed by atoms with Crippen LogP contribution in [-0.2, 0) is 6.54 Å². The number of anilines is 1. The Labute approximate surface area is 170 Å². The highest BCUT2D eigenvalue weighted by atomic mass is 79.9. The van der Waals surface area contributed by atoms with Crippen molar-refractivity contribution in [2.24, 2.45) is 0 Å². The van der Waals surface area contributed by atoms with Crippen LogP contribution in [0.15, 0.2) is 74.2 Å². The van der Waals surface area contributed by atoms with Crippen molar-refractivity contribution in [3.05, 3.63) is 81.1 Å². The smallest absolute Gasteiger partial charge is 0.260 e. The first kappa shape index (κ1) is 17.5. The second-order valence-electron chi connectivity index (χ2n) is 5.59. The molecule has 1 amide bonds. The van der Waals surface area contributed by atoms with Crippen LogP contribution in [0.3, 0.4) is 0 Å². The van der Waals surface area contributed by atoms with E-state index in [0.717, 1.165) is 19.2 Å². The maximum atomic E-state index is 13.2. The molecule has 0 fully saturated rings. The Hall–Kier alpha value is -1.96. The number of halogens is 2. The van der Waals surface area contributed by atoms with Crippen molar-refractivity contribution in [3.8, 4) is 0 Å². The summed E-state index contributed by atoms with van der Waals surface area (Å²) in [5.74, 6) is 0.578. The van der Waals surface area contributed by atoms with Gasteiger partial charge in [0.25, 0.3) is 5.91 Å². The number of nitrogens with zero attached hydrogens (tertiary/aromatic N) is 2. The van der Waals surface area contributed by atoms with Crippen LogP contribution in [0.2, 0.25) is 0 Å². The topological polar surface area (TPSA) is 46.3 Å². The molecule has 2 heterocycles. The molecule has 0 aliphatic carbocycles. The molecule has 0 unspecified atom stereocenters. The molecule has 26 heavy (non-hydrogen) atoms. The van der Waals surface area contributed by atoms with Gasteiger partial charge in [-0.3, -0.25) is 9.69 Å². The highest BCUT2D eigenvalue weighted by molar-refractivity contribution is 9.10. The molecule has 2 aromatic carbocycles. The van der Waals surface area contributed by atoms with Crippen molar-refractivity contribution >= 4 is 64.5 Å². The molecule has 7 heteroatoms. The highest BCUT2D eigenvalue weighted by Crippen LogP contribution is 2.32. The van der Waals surface area contributed by atoms with Crippen molar-refractivity contribution in [2.45, 2.75) is 6.54 Å². The van der Waals surface area contributed by atoms with Gasteiger partial charge in [0, 0.05) is 14.5 Å². The average Bonchev–Trinajstić information content (AvgIpc) is 3.28. The van der Waals surface area contributed by atoms with E-state index in [0.29, 0.717) is 23.0 Å². The van der Waals surface area contributed by atoms with Gasteiger partial charge in [-0.05, 0) is 48.5 Å². The number of carbonyl (C=O) groups is 1. The highest BCUT2D eigenvalue weighted by Gasteiger charge is 2.23. The normalized spacial score (nSPS) is 11.0. The maximum absolute atomic E-state index is 13.2. The molecule has 2 aromatic heterocycles. The lowest BCUT2D eigenvalue weighted by atomic mass is 10.2. The zero-order valence-corrected chi connectivity index (χ0v) is 17.3. The van der Waals surface area contributed by atoms with Crippen LogP contribution in [0.5, 0.6) is 0 Å². The Morgan fingerprint density at radius 2 is 1.92 bits per heavy atom. The predicted octanol–water partition coefficient (Wildman–Crippen LogP) is 6.26. The van der Waals surface area contributed by atoms with Gasteiger partial charge in [-0.25, -0.2) is 4.98 Å². The summed E-state index contributed by atoms with van der Waals surface area (Å²) in [5, 5.41) is 0.638. The molecule has 0 spiro atoms. The number of hydrogen-bond acceptors (Lipinski definition) is 4. The molecular weight excluding hydrogens is 480 g/mol. The van der Waals surface area contributed by atoms with E-state index in [9.17, 15) is 4.79 Å². The third kappa shape index (κ3) is 3.60. The van der Waals surface area contributed by atoms with Crippen LogP contribution >= 0.6 is 43.2 Å². The van der Waals surface area contributed by atoms with E-state index >= 15 is 0 Å². The molecule has 0 atom stereocenters. The summed E-state index contributed by atoms with van der Waals surface area (Å²) in [6.07, 6.45) is 1.60. The zero-order valence-electron chi connectivity index (χ0n) is 13.4. The Morgan fingerprint density at radius 3 is 2.69 bits per heavy atom. The Balaban J connectivity index is 1.77. The van der Waals surface area contributed by atoms with Gasteiger partial charge in [0.2, 0.25) is 0 Å². The lowest BCUT2D eigenvalue weighted by Crippen LogP contribution is -2.30. The number of aromatic nitrogens is 1. The molecule has 0 N–H and O–H groups in total. The van der Waals surface area contributed by atoms with Gasteiger partial charge in [-0.15, -0.1) is 0 Å². The van der Waals surface area contributed by atoms with Crippen LogP contribution < -0.4 is 4.90 Å². The molecule has 0 saturated heterocycles. The number of benzene rings is 2. The summed E-state index contributed by atoms with van der Waals surface area (Å²) in [5.41, 5.74) is 1.45. The number of hydrogen-bond donors (Lipinski definition) is 0. The fourth-order valence-electron chi connectivity index (χ4n) is 2.56. The van der Waals surface area contributed by atoms with Gasteiger partial charge in [-0.2, -0.15) is 0 Å². The van der Waals surface area contributed by atoms with Crippen molar-refractivity contribution in [2.75, 3.05) is 4.90 Å².